The zero-order valence-corrected chi connectivity index (χ0v) is 14.4. The van der Waals surface area contributed by atoms with E-state index >= 15 is 0 Å². The molecular weight excluding hydrogens is 332 g/mol. The van der Waals surface area contributed by atoms with Gasteiger partial charge >= 0.3 is 0 Å². The third-order valence-electron chi connectivity index (χ3n) is 4.08. The number of methoxy groups -OCH3 is 1. The molecule has 134 valence electrons. The average Bonchev–Trinajstić information content (AvgIpc) is 3.19. The molecule has 2 aromatic heterocycles. The number of H-pyrrole nitrogens is 1. The molecule has 1 unspecified atom stereocenters. The van der Waals surface area contributed by atoms with E-state index in [1.54, 1.807) is 12.5 Å². The maximum atomic E-state index is 12.6. The highest BCUT2D eigenvalue weighted by Crippen LogP contribution is 2.18. The number of benzene rings is 1. The number of hydrogen-bond donors (Lipinski definition) is 2. The molecule has 0 saturated heterocycles. The van der Waals surface area contributed by atoms with E-state index in [2.05, 4.69) is 15.3 Å². The highest BCUT2D eigenvalue weighted by atomic mass is 16.5. The lowest BCUT2D eigenvalue weighted by molar-refractivity contribution is 0.0928. The topological polar surface area (TPSA) is 89.0 Å². The number of aryl methyl sites for hydroxylation is 1. The first kappa shape index (κ1) is 17.5. The van der Waals surface area contributed by atoms with Crippen LogP contribution in [-0.2, 0) is 6.54 Å². The standard InChI is InChI=1S/C19H20N4O3/c1-26-18-12-21-16(11-17(18)24)19(25)22-15(14-5-3-2-4-6-14)7-9-23-10-8-20-13-23/h2-6,8,10-13,15H,7,9H2,1H3,(H,21,24)(H,22,25). The van der Waals surface area contributed by atoms with E-state index in [-0.39, 0.29) is 28.8 Å². The molecule has 1 amide bonds. The van der Waals surface area contributed by atoms with E-state index in [0.29, 0.717) is 13.0 Å². The fraction of sp³-hybridized carbons (Fsp3) is 0.211. The van der Waals surface area contributed by atoms with Crippen LogP contribution in [0.1, 0.15) is 28.5 Å². The molecule has 0 aliphatic heterocycles. The van der Waals surface area contributed by atoms with Crippen molar-refractivity contribution in [3.63, 3.8) is 0 Å². The van der Waals surface area contributed by atoms with E-state index in [9.17, 15) is 9.59 Å². The lowest BCUT2D eigenvalue weighted by Crippen LogP contribution is -2.30. The number of aromatic amines is 1. The van der Waals surface area contributed by atoms with Gasteiger partial charge in [-0.25, -0.2) is 4.98 Å². The van der Waals surface area contributed by atoms with Crippen molar-refractivity contribution < 1.29 is 9.53 Å². The van der Waals surface area contributed by atoms with Crippen molar-refractivity contribution in [2.45, 2.75) is 19.0 Å². The Morgan fingerprint density at radius 3 is 2.81 bits per heavy atom. The van der Waals surface area contributed by atoms with E-state index in [1.807, 2.05) is 41.1 Å². The normalized spacial score (nSPS) is 11.7. The van der Waals surface area contributed by atoms with E-state index in [1.165, 1.54) is 19.4 Å². The first-order valence-corrected chi connectivity index (χ1v) is 8.25. The Morgan fingerprint density at radius 1 is 1.35 bits per heavy atom. The van der Waals surface area contributed by atoms with Gasteiger partial charge in [0.25, 0.3) is 5.91 Å². The van der Waals surface area contributed by atoms with E-state index in [4.69, 9.17) is 4.74 Å². The summed E-state index contributed by atoms with van der Waals surface area (Å²) in [5, 5.41) is 2.99. The number of carbonyl (C=O) groups excluding carboxylic acids is 1. The van der Waals surface area contributed by atoms with Gasteiger partial charge in [0.05, 0.1) is 19.5 Å². The fourth-order valence-corrected chi connectivity index (χ4v) is 2.69. The summed E-state index contributed by atoms with van der Waals surface area (Å²) in [7, 11) is 1.41. The fourth-order valence-electron chi connectivity index (χ4n) is 2.69. The Labute approximate surface area is 150 Å². The maximum absolute atomic E-state index is 12.6. The predicted octanol–water partition coefficient (Wildman–Crippen LogP) is 2.14. The number of imidazole rings is 1. The smallest absolute Gasteiger partial charge is 0.268 e. The van der Waals surface area contributed by atoms with Crippen LogP contribution in [0.4, 0.5) is 0 Å². The molecule has 0 aliphatic carbocycles. The van der Waals surface area contributed by atoms with Crippen LogP contribution in [-0.4, -0.2) is 27.6 Å². The Bertz CT molecular complexity index is 904. The second-order valence-electron chi connectivity index (χ2n) is 5.81. The zero-order valence-electron chi connectivity index (χ0n) is 14.4. The van der Waals surface area contributed by atoms with E-state index < -0.39 is 0 Å². The minimum atomic E-state index is -0.343. The molecule has 7 heteroatoms. The van der Waals surface area contributed by atoms with Crippen molar-refractivity contribution in [1.29, 1.82) is 0 Å². The van der Waals surface area contributed by atoms with Crippen molar-refractivity contribution in [2.75, 3.05) is 7.11 Å². The van der Waals surface area contributed by atoms with Gasteiger partial charge in [0, 0.05) is 31.2 Å². The van der Waals surface area contributed by atoms with Crippen molar-refractivity contribution in [2.24, 2.45) is 0 Å². The zero-order chi connectivity index (χ0) is 18.4. The Morgan fingerprint density at radius 2 is 2.15 bits per heavy atom. The number of nitrogens with one attached hydrogen (secondary N) is 2. The van der Waals surface area contributed by atoms with Gasteiger partial charge in [-0.3, -0.25) is 9.59 Å². The summed E-state index contributed by atoms with van der Waals surface area (Å²) in [5.41, 5.74) is 0.849. The van der Waals surface area contributed by atoms with Crippen LogP contribution in [0.15, 0.2) is 66.1 Å². The minimum Gasteiger partial charge on any atom is -0.491 e. The van der Waals surface area contributed by atoms with Crippen LogP contribution in [0.2, 0.25) is 0 Å². The number of rotatable bonds is 7. The third kappa shape index (κ3) is 4.18. The first-order chi connectivity index (χ1) is 12.7. The van der Waals surface area contributed by atoms with Crippen molar-refractivity contribution >= 4 is 5.91 Å². The molecule has 0 saturated carbocycles. The molecule has 3 aromatic rings. The van der Waals surface area contributed by atoms with Crippen molar-refractivity contribution in [3.8, 4) is 5.75 Å². The summed E-state index contributed by atoms with van der Waals surface area (Å²) in [5.74, 6) is -0.175. The minimum absolute atomic E-state index is 0.168. The summed E-state index contributed by atoms with van der Waals surface area (Å²) >= 11 is 0. The molecule has 26 heavy (non-hydrogen) atoms. The van der Waals surface area contributed by atoms with Gasteiger partial charge in [0.1, 0.15) is 5.69 Å². The van der Waals surface area contributed by atoms with Gasteiger partial charge in [0.2, 0.25) is 5.43 Å². The van der Waals surface area contributed by atoms with Crippen LogP contribution < -0.4 is 15.5 Å². The lowest BCUT2D eigenvalue weighted by Gasteiger charge is -2.19. The Hall–Kier alpha value is -3.35. The largest absolute Gasteiger partial charge is 0.491 e. The summed E-state index contributed by atoms with van der Waals surface area (Å²) in [6, 6.07) is 10.8. The van der Waals surface area contributed by atoms with Gasteiger partial charge in [-0.05, 0) is 12.0 Å². The van der Waals surface area contributed by atoms with Crippen molar-refractivity contribution in [3.05, 3.63) is 82.8 Å². The molecule has 0 aliphatic rings. The quantitative estimate of drug-likeness (QED) is 0.682. The van der Waals surface area contributed by atoms with Crippen LogP contribution >= 0.6 is 0 Å². The van der Waals surface area contributed by atoms with Gasteiger partial charge in [0.15, 0.2) is 5.75 Å². The highest BCUT2D eigenvalue weighted by molar-refractivity contribution is 5.92. The monoisotopic (exact) mass is 352 g/mol. The van der Waals surface area contributed by atoms with Crippen LogP contribution in [0.3, 0.4) is 0 Å². The maximum Gasteiger partial charge on any atom is 0.268 e. The van der Waals surface area contributed by atoms with Gasteiger partial charge < -0.3 is 19.6 Å². The third-order valence-corrected chi connectivity index (χ3v) is 4.08. The predicted molar refractivity (Wildman–Crippen MR) is 97.1 cm³/mol. The SMILES string of the molecule is COc1c[nH]c(C(=O)NC(CCn2ccnc2)c2ccccc2)cc1=O. The van der Waals surface area contributed by atoms with Crippen LogP contribution in [0.25, 0.3) is 0 Å². The molecular formula is C19H20N4O3. The lowest BCUT2D eigenvalue weighted by atomic mass is 10.0. The number of hydrogen-bond acceptors (Lipinski definition) is 4. The average molecular weight is 352 g/mol. The van der Waals surface area contributed by atoms with Crippen LogP contribution in [0.5, 0.6) is 5.75 Å². The van der Waals surface area contributed by atoms with E-state index in [0.717, 1.165) is 5.56 Å². The Balaban J connectivity index is 1.77. The molecule has 0 fully saturated rings. The molecule has 1 atom stereocenters. The molecule has 3 rings (SSSR count). The molecule has 2 heterocycles. The number of aromatic nitrogens is 3. The summed E-state index contributed by atoms with van der Waals surface area (Å²) in [4.78, 5) is 31.3. The second-order valence-corrected chi connectivity index (χ2v) is 5.81. The molecule has 7 nitrogen and oxygen atoms in total. The second kappa shape index (κ2) is 8.15. The molecule has 0 spiro atoms. The summed E-state index contributed by atoms with van der Waals surface area (Å²) in [6.45, 7) is 0.707. The summed E-state index contributed by atoms with van der Waals surface area (Å²) in [6.07, 6.45) is 7.42. The number of amides is 1. The summed E-state index contributed by atoms with van der Waals surface area (Å²) < 4.78 is 6.88. The van der Waals surface area contributed by atoms with Gasteiger partial charge in [-0.15, -0.1) is 0 Å². The Kier molecular flexibility index (Phi) is 5.48. The number of nitrogens with zero attached hydrogens (tertiary/aromatic N) is 2. The molecule has 0 radical (unpaired) electrons. The molecule has 2 N–H and O–H groups in total. The van der Waals surface area contributed by atoms with Gasteiger partial charge in [-0.2, -0.15) is 0 Å². The number of pyridine rings is 1. The van der Waals surface area contributed by atoms with Crippen molar-refractivity contribution in [1.82, 2.24) is 19.9 Å². The highest BCUT2D eigenvalue weighted by Gasteiger charge is 2.17. The molecule has 0 bridgehead atoms. The van der Waals surface area contributed by atoms with Gasteiger partial charge in [-0.1, -0.05) is 30.3 Å². The first-order valence-electron chi connectivity index (χ1n) is 8.25. The number of carbonyl (C=O) groups is 1. The van der Waals surface area contributed by atoms with Crippen LogP contribution in [0, 0.1) is 0 Å². The molecule has 1 aromatic carbocycles. The number of ether oxygens (including phenoxy) is 1.